The average Bonchev–Trinajstić information content (AvgIpc) is 2.60. The highest BCUT2D eigenvalue weighted by molar-refractivity contribution is 5.92. The van der Waals surface area contributed by atoms with Crippen LogP contribution < -0.4 is 0 Å². The number of fused-ring (bicyclic) bond motifs is 1. The van der Waals surface area contributed by atoms with Crippen LogP contribution >= 0.6 is 0 Å². The molecule has 0 bridgehead atoms. The fraction of sp³-hybridized carbons (Fsp3) is 0.300. The van der Waals surface area contributed by atoms with Crippen molar-refractivity contribution in [3.05, 3.63) is 70.8 Å². The van der Waals surface area contributed by atoms with Crippen LogP contribution in [0.1, 0.15) is 34.0 Å². The van der Waals surface area contributed by atoms with E-state index < -0.39 is 12.1 Å². The third kappa shape index (κ3) is 3.48. The van der Waals surface area contributed by atoms with E-state index in [-0.39, 0.29) is 5.91 Å². The van der Waals surface area contributed by atoms with E-state index in [0.29, 0.717) is 18.7 Å². The summed E-state index contributed by atoms with van der Waals surface area (Å²) in [5.74, 6) is -0.609. The van der Waals surface area contributed by atoms with Gasteiger partial charge in [0.05, 0.1) is 5.56 Å². The normalized spacial score (nSPS) is 14.7. The number of amides is 1. The Kier molecular flexibility index (Phi) is 4.65. The first-order chi connectivity index (χ1) is 11.5. The van der Waals surface area contributed by atoms with Gasteiger partial charge < -0.3 is 9.64 Å². The Bertz CT molecular complexity index is 769. The van der Waals surface area contributed by atoms with Crippen LogP contribution in [0.15, 0.2) is 48.5 Å². The van der Waals surface area contributed by atoms with Gasteiger partial charge in [0, 0.05) is 13.1 Å². The second-order valence-electron chi connectivity index (χ2n) is 6.20. The maximum Gasteiger partial charge on any atom is 0.338 e. The van der Waals surface area contributed by atoms with Crippen molar-refractivity contribution in [1.82, 2.24) is 4.90 Å². The molecular weight excluding hydrogens is 302 g/mol. The number of benzene rings is 2. The SMILES string of the molecule is Cc1cccc(C(=O)O[C@@H](C)C(=O)N2CCc3ccccc3C2)c1. The number of hydrogen-bond acceptors (Lipinski definition) is 3. The summed E-state index contributed by atoms with van der Waals surface area (Å²) in [6.07, 6.45) is 0.0452. The largest absolute Gasteiger partial charge is 0.449 e. The lowest BCUT2D eigenvalue weighted by Gasteiger charge is -2.30. The Morgan fingerprint density at radius 3 is 2.58 bits per heavy atom. The molecule has 1 atom stereocenters. The molecule has 3 rings (SSSR count). The van der Waals surface area contributed by atoms with E-state index in [1.807, 2.05) is 31.2 Å². The van der Waals surface area contributed by atoms with Crippen LogP contribution in [0.2, 0.25) is 0 Å². The van der Waals surface area contributed by atoms with Gasteiger partial charge in [0.25, 0.3) is 5.91 Å². The number of carbonyl (C=O) groups excluding carboxylic acids is 2. The van der Waals surface area contributed by atoms with Crippen LogP contribution in [0.3, 0.4) is 0 Å². The average molecular weight is 323 g/mol. The summed E-state index contributed by atoms with van der Waals surface area (Å²) in [5, 5.41) is 0. The van der Waals surface area contributed by atoms with Crippen LogP contribution in [-0.2, 0) is 22.5 Å². The van der Waals surface area contributed by atoms with Crippen molar-refractivity contribution in [1.29, 1.82) is 0 Å². The van der Waals surface area contributed by atoms with E-state index in [1.54, 1.807) is 30.0 Å². The first-order valence-corrected chi connectivity index (χ1v) is 8.18. The van der Waals surface area contributed by atoms with E-state index in [4.69, 9.17) is 4.74 Å². The van der Waals surface area contributed by atoms with Crippen molar-refractivity contribution in [2.75, 3.05) is 6.54 Å². The van der Waals surface area contributed by atoms with Crippen LogP contribution in [0, 0.1) is 6.92 Å². The smallest absolute Gasteiger partial charge is 0.338 e. The second kappa shape index (κ2) is 6.87. The standard InChI is InChI=1S/C20H21NO3/c1-14-6-5-9-17(12-14)20(23)24-15(2)19(22)21-11-10-16-7-3-4-8-18(16)13-21/h3-9,12,15H,10-11,13H2,1-2H3/t15-/m0/s1. The highest BCUT2D eigenvalue weighted by atomic mass is 16.5. The number of hydrogen-bond donors (Lipinski definition) is 0. The van der Waals surface area contributed by atoms with Crippen LogP contribution in [0.5, 0.6) is 0 Å². The summed E-state index contributed by atoms with van der Waals surface area (Å²) in [6, 6.07) is 15.3. The number of rotatable bonds is 3. The number of ether oxygens (including phenoxy) is 1. The lowest BCUT2D eigenvalue weighted by atomic mass is 9.99. The molecule has 4 nitrogen and oxygen atoms in total. The van der Waals surface area contributed by atoms with Gasteiger partial charge in [-0.1, -0.05) is 42.0 Å². The molecule has 1 amide bonds. The van der Waals surface area contributed by atoms with Crippen molar-refractivity contribution < 1.29 is 14.3 Å². The van der Waals surface area contributed by atoms with E-state index >= 15 is 0 Å². The molecule has 124 valence electrons. The van der Waals surface area contributed by atoms with Gasteiger partial charge in [0.2, 0.25) is 0 Å². The topological polar surface area (TPSA) is 46.6 Å². The van der Waals surface area contributed by atoms with Gasteiger partial charge in [0.15, 0.2) is 6.10 Å². The Morgan fingerprint density at radius 2 is 1.83 bits per heavy atom. The molecule has 4 heteroatoms. The lowest BCUT2D eigenvalue weighted by Crippen LogP contribution is -2.42. The summed E-state index contributed by atoms with van der Waals surface area (Å²) in [4.78, 5) is 26.6. The van der Waals surface area contributed by atoms with Crippen molar-refractivity contribution in [2.45, 2.75) is 32.9 Å². The summed E-state index contributed by atoms with van der Waals surface area (Å²) in [5.41, 5.74) is 3.90. The van der Waals surface area contributed by atoms with Crippen molar-refractivity contribution in [3.8, 4) is 0 Å². The molecule has 1 heterocycles. The van der Waals surface area contributed by atoms with E-state index in [1.165, 1.54) is 5.56 Å². The van der Waals surface area contributed by atoms with E-state index in [0.717, 1.165) is 17.5 Å². The van der Waals surface area contributed by atoms with Gasteiger partial charge in [0.1, 0.15) is 0 Å². The fourth-order valence-corrected chi connectivity index (χ4v) is 2.99. The summed E-state index contributed by atoms with van der Waals surface area (Å²) in [7, 11) is 0. The van der Waals surface area contributed by atoms with Gasteiger partial charge >= 0.3 is 5.97 Å². The molecule has 0 N–H and O–H groups in total. The minimum Gasteiger partial charge on any atom is -0.449 e. The Morgan fingerprint density at radius 1 is 1.08 bits per heavy atom. The molecule has 1 aliphatic heterocycles. The molecule has 0 radical (unpaired) electrons. The fourth-order valence-electron chi connectivity index (χ4n) is 2.99. The number of esters is 1. The maximum absolute atomic E-state index is 12.6. The Balaban J connectivity index is 1.64. The minimum absolute atomic E-state index is 0.148. The molecular formula is C20H21NO3. The monoisotopic (exact) mass is 323 g/mol. The third-order valence-corrected chi connectivity index (χ3v) is 4.33. The van der Waals surface area contributed by atoms with Crippen molar-refractivity contribution >= 4 is 11.9 Å². The van der Waals surface area contributed by atoms with Gasteiger partial charge in [-0.05, 0) is 43.5 Å². The maximum atomic E-state index is 12.6. The predicted molar refractivity (Wildman–Crippen MR) is 91.6 cm³/mol. The van der Waals surface area contributed by atoms with Gasteiger partial charge in [-0.2, -0.15) is 0 Å². The molecule has 24 heavy (non-hydrogen) atoms. The van der Waals surface area contributed by atoms with E-state index in [9.17, 15) is 9.59 Å². The van der Waals surface area contributed by atoms with Gasteiger partial charge in [-0.3, -0.25) is 4.79 Å². The van der Waals surface area contributed by atoms with E-state index in [2.05, 4.69) is 6.07 Å². The molecule has 2 aromatic carbocycles. The number of carbonyl (C=O) groups is 2. The van der Waals surface area contributed by atoms with Gasteiger partial charge in [-0.15, -0.1) is 0 Å². The lowest BCUT2D eigenvalue weighted by molar-refractivity contribution is -0.140. The van der Waals surface area contributed by atoms with Crippen molar-refractivity contribution in [2.24, 2.45) is 0 Å². The quantitative estimate of drug-likeness (QED) is 0.815. The molecule has 0 spiro atoms. The van der Waals surface area contributed by atoms with Gasteiger partial charge in [-0.25, -0.2) is 4.79 Å². The highest BCUT2D eigenvalue weighted by Crippen LogP contribution is 2.19. The number of nitrogens with zero attached hydrogens (tertiary/aromatic N) is 1. The molecule has 0 saturated carbocycles. The number of aryl methyl sites for hydroxylation is 1. The van der Waals surface area contributed by atoms with Crippen LogP contribution in [0.25, 0.3) is 0 Å². The molecule has 0 unspecified atom stereocenters. The molecule has 0 saturated heterocycles. The molecule has 1 aliphatic rings. The predicted octanol–water partition coefficient (Wildman–Crippen LogP) is 3.13. The zero-order valence-electron chi connectivity index (χ0n) is 14.0. The van der Waals surface area contributed by atoms with Crippen molar-refractivity contribution in [3.63, 3.8) is 0 Å². The Hall–Kier alpha value is -2.62. The molecule has 2 aromatic rings. The Labute approximate surface area is 142 Å². The second-order valence-corrected chi connectivity index (χ2v) is 6.20. The first-order valence-electron chi connectivity index (χ1n) is 8.18. The zero-order chi connectivity index (χ0) is 17.1. The first kappa shape index (κ1) is 16.2. The molecule has 0 aromatic heterocycles. The zero-order valence-corrected chi connectivity index (χ0v) is 14.0. The van der Waals surface area contributed by atoms with Crippen LogP contribution in [-0.4, -0.2) is 29.4 Å². The summed E-state index contributed by atoms with van der Waals surface area (Å²) >= 11 is 0. The highest BCUT2D eigenvalue weighted by Gasteiger charge is 2.27. The molecule has 0 aliphatic carbocycles. The summed E-state index contributed by atoms with van der Waals surface area (Å²) in [6.45, 7) is 4.77. The summed E-state index contributed by atoms with van der Waals surface area (Å²) < 4.78 is 5.36. The third-order valence-electron chi connectivity index (χ3n) is 4.33. The van der Waals surface area contributed by atoms with Crippen LogP contribution in [0.4, 0.5) is 0 Å². The molecule has 0 fully saturated rings. The minimum atomic E-state index is -0.789.